The molecule has 2 heteroatoms. The molecule has 3 aromatic carbocycles. The first-order valence-corrected chi connectivity index (χ1v) is 11.6. The van der Waals surface area contributed by atoms with Crippen molar-refractivity contribution in [1.82, 2.24) is 0 Å². The lowest BCUT2D eigenvalue weighted by Crippen LogP contribution is -2.46. The summed E-state index contributed by atoms with van der Waals surface area (Å²) in [6.07, 6.45) is 12.1. The van der Waals surface area contributed by atoms with Crippen molar-refractivity contribution in [2.45, 2.75) is 30.7 Å². The highest BCUT2D eigenvalue weighted by atomic mass is 35.5. The van der Waals surface area contributed by atoms with Gasteiger partial charge >= 0.3 is 0 Å². The van der Waals surface area contributed by atoms with E-state index in [1.807, 2.05) is 0 Å². The molecular weight excluding hydrogens is 386 g/mol. The number of hydrogen-bond acceptors (Lipinski definition) is 1. The molecule has 2 heterocycles. The third-order valence-corrected chi connectivity index (χ3v) is 8.21. The van der Waals surface area contributed by atoms with Gasteiger partial charge in [-0.05, 0) is 70.3 Å². The van der Waals surface area contributed by atoms with Crippen molar-refractivity contribution < 1.29 is 0 Å². The van der Waals surface area contributed by atoms with Gasteiger partial charge in [-0.25, -0.2) is 0 Å². The predicted molar refractivity (Wildman–Crippen MR) is 125 cm³/mol. The third-order valence-electron chi connectivity index (χ3n) is 7.96. The number of benzene rings is 3. The van der Waals surface area contributed by atoms with Crippen LogP contribution in [0.15, 0.2) is 78.9 Å². The van der Waals surface area contributed by atoms with E-state index in [9.17, 15) is 0 Å². The van der Waals surface area contributed by atoms with E-state index < -0.39 is 0 Å². The lowest BCUT2D eigenvalue weighted by atomic mass is 9.69. The van der Waals surface area contributed by atoms with Crippen LogP contribution in [0.25, 0.3) is 10.8 Å². The predicted octanol–water partition coefficient (Wildman–Crippen LogP) is 7.39. The summed E-state index contributed by atoms with van der Waals surface area (Å²) < 4.78 is 0. The third kappa shape index (κ3) is 2.25. The van der Waals surface area contributed by atoms with Crippen LogP contribution < -0.4 is 4.90 Å². The quantitative estimate of drug-likeness (QED) is 0.379. The average Bonchev–Trinajstić information content (AvgIpc) is 3.44. The summed E-state index contributed by atoms with van der Waals surface area (Å²) in [7, 11) is 0. The molecule has 7 rings (SSSR count). The number of rotatable bonds is 1. The Kier molecular flexibility index (Phi) is 3.58. The molecule has 4 aliphatic rings. The van der Waals surface area contributed by atoms with Crippen LogP contribution in [0.5, 0.6) is 0 Å². The second-order valence-electron chi connectivity index (χ2n) is 9.40. The standard InChI is InChI=1S/C28H24ClN/c29-20-13-11-17(12-14-20)27-24-10-4-9-23(24)26-22-7-2-1-5-18(22)15-25-21-8-3-6-19(21)16-30(27)28(25)26/h1-5,7-9,11-15,19,21,23-24,27H,6,10,16H2/t19-,21+,23-,24-,27+/m1/s1. The van der Waals surface area contributed by atoms with Crippen LogP contribution in [0.2, 0.25) is 5.02 Å². The molecule has 0 saturated carbocycles. The highest BCUT2D eigenvalue weighted by molar-refractivity contribution is 6.30. The van der Waals surface area contributed by atoms with Gasteiger partial charge < -0.3 is 4.90 Å². The van der Waals surface area contributed by atoms with Crippen LogP contribution in [0.1, 0.15) is 47.4 Å². The van der Waals surface area contributed by atoms with Gasteiger partial charge in [0.05, 0.1) is 6.04 Å². The van der Waals surface area contributed by atoms with Crippen molar-refractivity contribution in [3.63, 3.8) is 0 Å². The molecule has 2 aliphatic heterocycles. The SMILES string of the molecule is Clc1ccc([C@H]2[C@@H]3CC=C[C@H]3c3c4c(cc5ccccc35)[C@H]3C=CC[C@@H]3CN42)cc1. The minimum absolute atomic E-state index is 0.413. The highest BCUT2D eigenvalue weighted by Crippen LogP contribution is 2.60. The summed E-state index contributed by atoms with van der Waals surface area (Å²) in [5, 5.41) is 3.66. The van der Waals surface area contributed by atoms with Crippen LogP contribution in [0.3, 0.4) is 0 Å². The Bertz CT molecular complexity index is 1220. The first-order chi connectivity index (χ1) is 14.8. The summed E-state index contributed by atoms with van der Waals surface area (Å²) in [5.41, 5.74) is 6.05. The molecule has 1 nitrogen and oxygen atoms in total. The molecule has 0 N–H and O–H groups in total. The fraction of sp³-hybridized carbons (Fsp3) is 0.286. The molecule has 0 saturated heterocycles. The van der Waals surface area contributed by atoms with Gasteiger partial charge in [-0.3, -0.25) is 0 Å². The topological polar surface area (TPSA) is 3.24 Å². The molecule has 0 radical (unpaired) electrons. The van der Waals surface area contributed by atoms with Crippen molar-refractivity contribution in [2.24, 2.45) is 11.8 Å². The van der Waals surface area contributed by atoms with E-state index in [2.05, 4.69) is 83.8 Å². The highest BCUT2D eigenvalue weighted by Gasteiger charge is 2.48. The van der Waals surface area contributed by atoms with Crippen LogP contribution in [-0.4, -0.2) is 6.54 Å². The summed E-state index contributed by atoms with van der Waals surface area (Å²) >= 11 is 6.25. The van der Waals surface area contributed by atoms with Crippen LogP contribution in [-0.2, 0) is 0 Å². The van der Waals surface area contributed by atoms with E-state index >= 15 is 0 Å². The van der Waals surface area contributed by atoms with Gasteiger partial charge in [-0.1, -0.05) is 72.3 Å². The van der Waals surface area contributed by atoms with E-state index in [1.165, 1.54) is 28.4 Å². The zero-order valence-electron chi connectivity index (χ0n) is 16.8. The number of halogens is 1. The molecule has 0 unspecified atom stereocenters. The molecule has 0 bridgehead atoms. The van der Waals surface area contributed by atoms with Crippen LogP contribution in [0.4, 0.5) is 5.69 Å². The van der Waals surface area contributed by atoms with Crippen molar-refractivity contribution >= 4 is 28.1 Å². The van der Waals surface area contributed by atoms with E-state index in [0.29, 0.717) is 29.7 Å². The first kappa shape index (κ1) is 17.2. The Morgan fingerprint density at radius 2 is 1.67 bits per heavy atom. The van der Waals surface area contributed by atoms with Gasteiger partial charge in [0.1, 0.15) is 0 Å². The van der Waals surface area contributed by atoms with E-state index in [0.717, 1.165) is 18.0 Å². The Balaban J connectivity index is 1.54. The number of nitrogens with zero attached hydrogens (tertiary/aromatic N) is 1. The van der Waals surface area contributed by atoms with Gasteiger partial charge in [-0.15, -0.1) is 0 Å². The van der Waals surface area contributed by atoms with E-state index in [-0.39, 0.29) is 0 Å². The lowest BCUT2D eigenvalue weighted by Gasteiger charge is -2.51. The molecular formula is C28H24ClN. The number of anilines is 1. The van der Waals surface area contributed by atoms with Gasteiger partial charge in [0.25, 0.3) is 0 Å². The minimum atomic E-state index is 0.413. The monoisotopic (exact) mass is 409 g/mol. The summed E-state index contributed by atoms with van der Waals surface area (Å²) in [6.45, 7) is 1.15. The minimum Gasteiger partial charge on any atom is -0.363 e. The number of hydrogen-bond donors (Lipinski definition) is 0. The fourth-order valence-corrected chi connectivity index (χ4v) is 6.90. The van der Waals surface area contributed by atoms with E-state index in [4.69, 9.17) is 11.6 Å². The molecule has 0 fully saturated rings. The van der Waals surface area contributed by atoms with Crippen molar-refractivity contribution in [3.05, 3.63) is 101 Å². The maximum atomic E-state index is 6.25. The smallest absolute Gasteiger partial charge is 0.0582 e. The zero-order valence-corrected chi connectivity index (χ0v) is 17.6. The Hall–Kier alpha value is -2.51. The van der Waals surface area contributed by atoms with Crippen LogP contribution in [0, 0.1) is 11.8 Å². The van der Waals surface area contributed by atoms with Crippen molar-refractivity contribution in [3.8, 4) is 0 Å². The second kappa shape index (κ2) is 6.25. The fourth-order valence-electron chi connectivity index (χ4n) is 6.77. The van der Waals surface area contributed by atoms with Crippen molar-refractivity contribution in [2.75, 3.05) is 11.4 Å². The number of fused-ring (bicyclic) bond motifs is 6. The molecule has 0 aromatic heterocycles. The van der Waals surface area contributed by atoms with E-state index in [1.54, 1.807) is 11.1 Å². The number of allylic oxidation sites excluding steroid dienone is 4. The molecule has 3 aromatic rings. The van der Waals surface area contributed by atoms with Gasteiger partial charge in [-0.2, -0.15) is 0 Å². The molecule has 30 heavy (non-hydrogen) atoms. The van der Waals surface area contributed by atoms with Gasteiger partial charge in [0, 0.05) is 29.1 Å². The molecule has 148 valence electrons. The maximum Gasteiger partial charge on any atom is 0.0582 e. The molecule has 0 spiro atoms. The summed E-state index contributed by atoms with van der Waals surface area (Å²) in [4.78, 5) is 2.78. The largest absolute Gasteiger partial charge is 0.363 e. The van der Waals surface area contributed by atoms with Gasteiger partial charge in [0.2, 0.25) is 0 Å². The normalized spacial score (nSPS) is 30.4. The Labute approximate surface area is 182 Å². The second-order valence-corrected chi connectivity index (χ2v) is 9.84. The zero-order chi connectivity index (χ0) is 19.8. The maximum absolute atomic E-state index is 6.25. The Morgan fingerprint density at radius 1 is 0.867 bits per heavy atom. The van der Waals surface area contributed by atoms with Crippen molar-refractivity contribution in [1.29, 1.82) is 0 Å². The first-order valence-electron chi connectivity index (χ1n) is 11.2. The molecule has 5 atom stereocenters. The van der Waals surface area contributed by atoms with Crippen LogP contribution >= 0.6 is 11.6 Å². The summed E-state index contributed by atoms with van der Waals surface area (Å²) in [6, 6.07) is 20.6. The molecule has 0 amide bonds. The summed E-state index contributed by atoms with van der Waals surface area (Å²) in [5.74, 6) is 2.33. The average molecular weight is 410 g/mol. The lowest BCUT2D eigenvalue weighted by molar-refractivity contribution is 0.336. The molecule has 2 aliphatic carbocycles. The van der Waals surface area contributed by atoms with Gasteiger partial charge in [0.15, 0.2) is 0 Å². The Morgan fingerprint density at radius 3 is 2.57 bits per heavy atom.